The summed E-state index contributed by atoms with van der Waals surface area (Å²) >= 11 is 0. The van der Waals surface area contributed by atoms with Gasteiger partial charge >= 0.3 is 0 Å². The zero-order chi connectivity index (χ0) is 10.2. The summed E-state index contributed by atoms with van der Waals surface area (Å²) in [6, 6.07) is 5.62. The van der Waals surface area contributed by atoms with Gasteiger partial charge in [-0.05, 0) is 37.1 Å². The smallest absolute Gasteiger partial charge is 0.244 e. The SMILES string of the molecule is NC1(C(=O)Nc2ccc(F)cc2)CC1. The maximum atomic E-state index is 12.5. The molecule has 1 saturated carbocycles. The first kappa shape index (κ1) is 9.15. The number of anilines is 1. The zero-order valence-corrected chi connectivity index (χ0v) is 7.59. The zero-order valence-electron chi connectivity index (χ0n) is 7.59. The minimum Gasteiger partial charge on any atom is -0.324 e. The van der Waals surface area contributed by atoms with Gasteiger partial charge in [-0.15, -0.1) is 0 Å². The molecule has 0 heterocycles. The molecule has 1 amide bonds. The molecule has 0 unspecified atom stereocenters. The summed E-state index contributed by atoms with van der Waals surface area (Å²) in [6.07, 6.45) is 1.44. The predicted molar refractivity (Wildman–Crippen MR) is 51.2 cm³/mol. The average molecular weight is 194 g/mol. The topological polar surface area (TPSA) is 55.1 Å². The molecule has 0 aromatic heterocycles. The molecule has 3 N–H and O–H groups in total. The second-order valence-electron chi connectivity index (χ2n) is 3.62. The number of hydrogen-bond donors (Lipinski definition) is 2. The molecule has 1 fully saturated rings. The number of nitrogens with one attached hydrogen (secondary N) is 1. The van der Waals surface area contributed by atoms with Crippen LogP contribution in [0.1, 0.15) is 12.8 Å². The van der Waals surface area contributed by atoms with Crippen LogP contribution in [-0.2, 0) is 4.79 Å². The quantitative estimate of drug-likeness (QED) is 0.744. The molecule has 0 bridgehead atoms. The molecule has 0 radical (unpaired) electrons. The van der Waals surface area contributed by atoms with Gasteiger partial charge in [-0.3, -0.25) is 4.79 Å². The third kappa shape index (κ3) is 1.75. The van der Waals surface area contributed by atoms with Gasteiger partial charge in [0.25, 0.3) is 0 Å². The lowest BCUT2D eigenvalue weighted by Gasteiger charge is -2.09. The van der Waals surface area contributed by atoms with Crippen molar-refractivity contribution in [2.24, 2.45) is 5.73 Å². The largest absolute Gasteiger partial charge is 0.324 e. The summed E-state index contributed by atoms with van der Waals surface area (Å²) < 4.78 is 12.5. The van der Waals surface area contributed by atoms with Crippen LogP contribution in [0, 0.1) is 5.82 Å². The Bertz CT molecular complexity index is 357. The predicted octanol–water partition coefficient (Wildman–Crippen LogP) is 1.26. The number of carbonyl (C=O) groups is 1. The lowest BCUT2D eigenvalue weighted by Crippen LogP contribution is -2.37. The number of amides is 1. The van der Waals surface area contributed by atoms with Crippen LogP contribution in [0.5, 0.6) is 0 Å². The van der Waals surface area contributed by atoms with E-state index in [2.05, 4.69) is 5.32 Å². The minimum atomic E-state index is -0.686. The van der Waals surface area contributed by atoms with E-state index in [-0.39, 0.29) is 11.7 Å². The van der Waals surface area contributed by atoms with Crippen molar-refractivity contribution in [1.82, 2.24) is 0 Å². The average Bonchev–Trinajstić information content (AvgIpc) is 2.89. The van der Waals surface area contributed by atoms with E-state index in [0.717, 1.165) is 12.8 Å². The van der Waals surface area contributed by atoms with E-state index in [1.165, 1.54) is 24.3 Å². The van der Waals surface area contributed by atoms with Crippen LogP contribution in [0.25, 0.3) is 0 Å². The highest BCUT2D eigenvalue weighted by molar-refractivity contribution is 5.99. The molecule has 1 aliphatic carbocycles. The molecule has 0 spiro atoms. The first-order valence-corrected chi connectivity index (χ1v) is 4.46. The molecule has 1 aromatic carbocycles. The van der Waals surface area contributed by atoms with Crippen molar-refractivity contribution in [3.8, 4) is 0 Å². The molecule has 3 nitrogen and oxygen atoms in total. The lowest BCUT2D eigenvalue weighted by molar-refractivity contribution is -0.118. The molecule has 1 aliphatic rings. The molecule has 0 aliphatic heterocycles. The van der Waals surface area contributed by atoms with Crippen LogP contribution >= 0.6 is 0 Å². The number of hydrogen-bond acceptors (Lipinski definition) is 2. The lowest BCUT2D eigenvalue weighted by atomic mass is 10.2. The molecule has 1 aromatic rings. The fourth-order valence-electron chi connectivity index (χ4n) is 1.15. The Morgan fingerprint density at radius 2 is 1.93 bits per heavy atom. The Kier molecular flexibility index (Phi) is 2.00. The van der Waals surface area contributed by atoms with E-state index in [1.54, 1.807) is 0 Å². The maximum absolute atomic E-state index is 12.5. The third-order valence-electron chi connectivity index (χ3n) is 2.34. The highest BCUT2D eigenvalue weighted by atomic mass is 19.1. The van der Waals surface area contributed by atoms with Crippen LogP contribution in [0.15, 0.2) is 24.3 Å². The van der Waals surface area contributed by atoms with Gasteiger partial charge < -0.3 is 11.1 Å². The summed E-state index contributed by atoms with van der Waals surface area (Å²) in [5, 5.41) is 2.64. The van der Waals surface area contributed by atoms with E-state index < -0.39 is 5.54 Å². The van der Waals surface area contributed by atoms with Gasteiger partial charge in [-0.2, -0.15) is 0 Å². The van der Waals surface area contributed by atoms with Gasteiger partial charge in [0.05, 0.1) is 5.54 Å². The van der Waals surface area contributed by atoms with E-state index in [1.807, 2.05) is 0 Å². The minimum absolute atomic E-state index is 0.191. The Labute approximate surface area is 81.1 Å². The van der Waals surface area contributed by atoms with Crippen LogP contribution < -0.4 is 11.1 Å². The van der Waals surface area contributed by atoms with Gasteiger partial charge in [0.15, 0.2) is 0 Å². The number of rotatable bonds is 2. The van der Waals surface area contributed by atoms with Crippen molar-refractivity contribution in [3.05, 3.63) is 30.1 Å². The Balaban J connectivity index is 2.04. The van der Waals surface area contributed by atoms with Crippen molar-refractivity contribution in [2.45, 2.75) is 18.4 Å². The fourth-order valence-corrected chi connectivity index (χ4v) is 1.15. The number of halogens is 1. The molecular formula is C10H11FN2O. The van der Waals surface area contributed by atoms with Crippen molar-refractivity contribution in [3.63, 3.8) is 0 Å². The van der Waals surface area contributed by atoms with Crippen molar-refractivity contribution >= 4 is 11.6 Å². The van der Waals surface area contributed by atoms with Gasteiger partial charge in [0.2, 0.25) is 5.91 Å². The molecule has 4 heteroatoms. The Morgan fingerprint density at radius 1 is 1.36 bits per heavy atom. The molecule has 74 valence electrons. The van der Waals surface area contributed by atoms with E-state index in [4.69, 9.17) is 5.73 Å². The Hall–Kier alpha value is -1.42. The number of carbonyl (C=O) groups excluding carboxylic acids is 1. The van der Waals surface area contributed by atoms with E-state index in [9.17, 15) is 9.18 Å². The van der Waals surface area contributed by atoms with Crippen LogP contribution in [0.3, 0.4) is 0 Å². The second-order valence-corrected chi connectivity index (χ2v) is 3.62. The Morgan fingerprint density at radius 3 is 2.43 bits per heavy atom. The van der Waals surface area contributed by atoms with Crippen molar-refractivity contribution in [2.75, 3.05) is 5.32 Å². The summed E-state index contributed by atoms with van der Waals surface area (Å²) in [4.78, 5) is 11.5. The summed E-state index contributed by atoms with van der Waals surface area (Å²) in [5.74, 6) is -0.513. The summed E-state index contributed by atoms with van der Waals surface area (Å²) in [5.41, 5.74) is 5.57. The van der Waals surface area contributed by atoms with E-state index in [0.29, 0.717) is 5.69 Å². The van der Waals surface area contributed by atoms with Gasteiger partial charge in [0.1, 0.15) is 5.82 Å². The van der Waals surface area contributed by atoms with Crippen LogP contribution in [0.4, 0.5) is 10.1 Å². The molecular weight excluding hydrogens is 183 g/mol. The van der Waals surface area contributed by atoms with Gasteiger partial charge in [-0.1, -0.05) is 0 Å². The van der Waals surface area contributed by atoms with Crippen molar-refractivity contribution in [1.29, 1.82) is 0 Å². The second kappa shape index (κ2) is 3.06. The maximum Gasteiger partial charge on any atom is 0.244 e. The summed E-state index contributed by atoms with van der Waals surface area (Å²) in [6.45, 7) is 0. The van der Waals surface area contributed by atoms with Crippen LogP contribution in [0.2, 0.25) is 0 Å². The molecule has 14 heavy (non-hydrogen) atoms. The summed E-state index contributed by atoms with van der Waals surface area (Å²) in [7, 11) is 0. The molecule has 0 atom stereocenters. The molecule has 0 saturated heterocycles. The standard InChI is InChI=1S/C10H11FN2O/c11-7-1-3-8(4-2-7)13-9(14)10(12)5-6-10/h1-4H,5-6,12H2,(H,13,14). The van der Waals surface area contributed by atoms with Gasteiger partial charge in [-0.25, -0.2) is 4.39 Å². The third-order valence-corrected chi connectivity index (χ3v) is 2.34. The van der Waals surface area contributed by atoms with Crippen LogP contribution in [-0.4, -0.2) is 11.4 Å². The molecule has 2 rings (SSSR count). The number of benzene rings is 1. The fraction of sp³-hybridized carbons (Fsp3) is 0.300. The normalized spacial score (nSPS) is 17.6. The first-order chi connectivity index (χ1) is 6.60. The van der Waals surface area contributed by atoms with Crippen molar-refractivity contribution < 1.29 is 9.18 Å². The van der Waals surface area contributed by atoms with Gasteiger partial charge in [0, 0.05) is 5.69 Å². The number of nitrogens with two attached hydrogens (primary N) is 1. The monoisotopic (exact) mass is 194 g/mol. The first-order valence-electron chi connectivity index (χ1n) is 4.46. The highest BCUT2D eigenvalue weighted by Crippen LogP contribution is 2.33. The highest BCUT2D eigenvalue weighted by Gasteiger charge is 2.45. The van der Waals surface area contributed by atoms with E-state index >= 15 is 0 Å².